The van der Waals surface area contributed by atoms with Gasteiger partial charge >= 0.3 is 0 Å². The van der Waals surface area contributed by atoms with Crippen LogP contribution in [0.1, 0.15) is 41.8 Å². The van der Waals surface area contributed by atoms with Crippen molar-refractivity contribution in [2.24, 2.45) is 0 Å². The van der Waals surface area contributed by atoms with E-state index in [0.717, 1.165) is 12.0 Å². The van der Waals surface area contributed by atoms with Gasteiger partial charge in [0.05, 0.1) is 4.90 Å². The third-order valence-electron chi connectivity index (χ3n) is 5.19. The Balaban J connectivity index is 2.02. The van der Waals surface area contributed by atoms with E-state index >= 15 is 0 Å². The van der Waals surface area contributed by atoms with Gasteiger partial charge in [0.1, 0.15) is 5.82 Å². The van der Waals surface area contributed by atoms with Gasteiger partial charge in [-0.15, -0.1) is 0 Å². The molecular weight excluding hydrogens is 379 g/mol. The lowest BCUT2D eigenvalue weighted by Crippen LogP contribution is -2.36. The van der Waals surface area contributed by atoms with Crippen molar-refractivity contribution in [1.82, 2.24) is 4.31 Å². The molecule has 5 nitrogen and oxygen atoms in total. The lowest BCUT2D eigenvalue weighted by Gasteiger charge is -2.30. The van der Waals surface area contributed by atoms with Crippen molar-refractivity contribution in [2.45, 2.75) is 38.5 Å². The lowest BCUT2D eigenvalue weighted by molar-refractivity contribution is 0.0984. The average molecular weight is 405 g/mol. The summed E-state index contributed by atoms with van der Waals surface area (Å²) in [4.78, 5) is 15.0. The summed E-state index contributed by atoms with van der Waals surface area (Å²) in [6, 6.07) is 9.09. The molecule has 0 aliphatic carbocycles. The molecule has 2 aromatic carbocycles. The largest absolute Gasteiger partial charge is 0.308 e. The molecule has 0 saturated heterocycles. The topological polar surface area (TPSA) is 57.7 Å². The SMILES string of the molecule is CCN(CC)S(=O)(=O)c1ccc(C)c(C(=O)N2CCCc3cc(F)ccc32)c1. The summed E-state index contributed by atoms with van der Waals surface area (Å²) in [6.07, 6.45) is 1.45. The quantitative estimate of drug-likeness (QED) is 0.762. The number of benzene rings is 2. The van der Waals surface area contributed by atoms with Crippen LogP contribution in [0.15, 0.2) is 41.3 Å². The zero-order valence-electron chi connectivity index (χ0n) is 16.4. The van der Waals surface area contributed by atoms with Gasteiger partial charge in [-0.25, -0.2) is 12.8 Å². The van der Waals surface area contributed by atoms with Crippen LogP contribution in [0.2, 0.25) is 0 Å². The Morgan fingerprint density at radius 2 is 1.86 bits per heavy atom. The number of hydrogen-bond donors (Lipinski definition) is 0. The van der Waals surface area contributed by atoms with Gasteiger partial charge in [0.15, 0.2) is 0 Å². The van der Waals surface area contributed by atoms with Gasteiger partial charge in [0.2, 0.25) is 10.0 Å². The number of nitrogens with zero attached hydrogens (tertiary/aromatic N) is 2. The Morgan fingerprint density at radius 1 is 1.14 bits per heavy atom. The number of amides is 1. The molecule has 0 fully saturated rings. The molecular formula is C21H25FN2O3S. The molecule has 1 aliphatic heterocycles. The molecule has 2 aromatic rings. The van der Waals surface area contributed by atoms with E-state index in [0.29, 0.717) is 42.9 Å². The van der Waals surface area contributed by atoms with Crippen LogP contribution in [0.4, 0.5) is 10.1 Å². The third-order valence-corrected chi connectivity index (χ3v) is 7.23. The normalized spacial score (nSPS) is 14.2. The Hall–Kier alpha value is -2.25. The summed E-state index contributed by atoms with van der Waals surface area (Å²) in [5.41, 5.74) is 2.54. The molecule has 0 bridgehead atoms. The fraction of sp³-hybridized carbons (Fsp3) is 0.381. The van der Waals surface area contributed by atoms with Crippen molar-refractivity contribution in [3.63, 3.8) is 0 Å². The van der Waals surface area contributed by atoms with E-state index in [4.69, 9.17) is 0 Å². The maximum absolute atomic E-state index is 13.6. The van der Waals surface area contributed by atoms with Crippen molar-refractivity contribution < 1.29 is 17.6 Å². The number of halogens is 1. The standard InChI is InChI=1S/C21H25FN2O3S/c1-4-23(5-2)28(26,27)18-10-8-15(3)19(14-18)21(25)24-12-6-7-16-13-17(22)9-11-20(16)24/h8-11,13-14H,4-7,12H2,1-3H3. The molecule has 0 atom stereocenters. The van der Waals surface area contributed by atoms with Crippen LogP contribution >= 0.6 is 0 Å². The van der Waals surface area contributed by atoms with Crippen LogP contribution in [-0.2, 0) is 16.4 Å². The smallest absolute Gasteiger partial charge is 0.258 e. The minimum Gasteiger partial charge on any atom is -0.308 e. The van der Waals surface area contributed by atoms with E-state index in [2.05, 4.69) is 0 Å². The summed E-state index contributed by atoms with van der Waals surface area (Å²) in [5.74, 6) is -0.585. The first kappa shape index (κ1) is 20.5. The average Bonchev–Trinajstić information content (AvgIpc) is 2.67. The highest BCUT2D eigenvalue weighted by molar-refractivity contribution is 7.89. The van der Waals surface area contributed by atoms with E-state index in [1.807, 2.05) is 0 Å². The third kappa shape index (κ3) is 3.69. The minimum atomic E-state index is -3.66. The lowest BCUT2D eigenvalue weighted by atomic mass is 9.99. The highest BCUT2D eigenvalue weighted by atomic mass is 32.2. The molecule has 0 spiro atoms. The second-order valence-corrected chi connectivity index (χ2v) is 8.84. The van der Waals surface area contributed by atoms with Crippen LogP contribution in [0, 0.1) is 12.7 Å². The molecule has 1 aliphatic rings. The Morgan fingerprint density at radius 3 is 2.54 bits per heavy atom. The molecule has 0 saturated carbocycles. The van der Waals surface area contributed by atoms with E-state index < -0.39 is 10.0 Å². The predicted octanol–water partition coefficient (Wildman–Crippen LogP) is 3.76. The molecule has 150 valence electrons. The molecule has 0 aromatic heterocycles. The fourth-order valence-corrected chi connectivity index (χ4v) is 5.11. The van der Waals surface area contributed by atoms with E-state index in [1.54, 1.807) is 43.9 Å². The van der Waals surface area contributed by atoms with Gasteiger partial charge in [-0.3, -0.25) is 4.79 Å². The summed E-state index contributed by atoms with van der Waals surface area (Å²) < 4.78 is 40.6. The number of anilines is 1. The van der Waals surface area contributed by atoms with Crippen molar-refractivity contribution in [3.8, 4) is 0 Å². The Labute approximate surface area is 165 Å². The molecule has 0 unspecified atom stereocenters. The van der Waals surface area contributed by atoms with E-state index in [9.17, 15) is 17.6 Å². The molecule has 0 radical (unpaired) electrons. The molecule has 0 N–H and O–H groups in total. The minimum absolute atomic E-state index is 0.112. The molecule has 7 heteroatoms. The zero-order valence-corrected chi connectivity index (χ0v) is 17.2. The highest BCUT2D eigenvalue weighted by Gasteiger charge is 2.28. The van der Waals surface area contributed by atoms with E-state index in [1.165, 1.54) is 22.5 Å². The van der Waals surface area contributed by atoms with Gasteiger partial charge in [-0.1, -0.05) is 19.9 Å². The van der Waals surface area contributed by atoms with Crippen LogP contribution in [0.3, 0.4) is 0 Å². The second kappa shape index (κ2) is 8.01. The number of sulfonamides is 1. The number of aryl methyl sites for hydroxylation is 2. The molecule has 3 rings (SSSR count). The van der Waals surface area contributed by atoms with Crippen LogP contribution in [-0.4, -0.2) is 38.3 Å². The van der Waals surface area contributed by atoms with E-state index in [-0.39, 0.29) is 16.6 Å². The molecule has 1 heterocycles. The Bertz CT molecular complexity index is 1000. The molecule has 1 amide bonds. The number of carbonyl (C=O) groups excluding carboxylic acids is 1. The first-order chi connectivity index (χ1) is 13.3. The number of carbonyl (C=O) groups is 1. The predicted molar refractivity (Wildman–Crippen MR) is 108 cm³/mol. The van der Waals surface area contributed by atoms with Gasteiger partial charge in [-0.05, 0) is 61.2 Å². The van der Waals surface area contributed by atoms with Gasteiger partial charge in [0.25, 0.3) is 5.91 Å². The van der Waals surface area contributed by atoms with Crippen molar-refractivity contribution >= 4 is 21.6 Å². The maximum Gasteiger partial charge on any atom is 0.258 e. The highest BCUT2D eigenvalue weighted by Crippen LogP contribution is 2.30. The number of fused-ring (bicyclic) bond motifs is 1. The zero-order chi connectivity index (χ0) is 20.5. The first-order valence-electron chi connectivity index (χ1n) is 9.50. The Kier molecular flexibility index (Phi) is 5.86. The molecule has 28 heavy (non-hydrogen) atoms. The van der Waals surface area contributed by atoms with Crippen molar-refractivity contribution in [2.75, 3.05) is 24.5 Å². The van der Waals surface area contributed by atoms with Crippen molar-refractivity contribution in [1.29, 1.82) is 0 Å². The van der Waals surface area contributed by atoms with Crippen molar-refractivity contribution in [3.05, 3.63) is 58.9 Å². The van der Waals surface area contributed by atoms with Crippen LogP contribution < -0.4 is 4.90 Å². The summed E-state index contributed by atoms with van der Waals surface area (Å²) in [7, 11) is -3.66. The van der Waals surface area contributed by atoms with Gasteiger partial charge < -0.3 is 4.90 Å². The maximum atomic E-state index is 13.6. The fourth-order valence-electron chi connectivity index (χ4n) is 3.63. The number of hydrogen-bond acceptors (Lipinski definition) is 3. The number of rotatable bonds is 5. The van der Waals surface area contributed by atoms with Gasteiger partial charge in [0, 0.05) is 30.9 Å². The van der Waals surface area contributed by atoms with Gasteiger partial charge in [-0.2, -0.15) is 4.31 Å². The first-order valence-corrected chi connectivity index (χ1v) is 10.9. The second-order valence-electron chi connectivity index (χ2n) is 6.90. The van der Waals surface area contributed by atoms with Crippen LogP contribution in [0.25, 0.3) is 0 Å². The summed E-state index contributed by atoms with van der Waals surface area (Å²) in [6.45, 7) is 6.60. The summed E-state index contributed by atoms with van der Waals surface area (Å²) >= 11 is 0. The summed E-state index contributed by atoms with van der Waals surface area (Å²) in [5, 5.41) is 0. The van der Waals surface area contributed by atoms with Crippen LogP contribution in [0.5, 0.6) is 0 Å². The monoisotopic (exact) mass is 404 g/mol.